The van der Waals surface area contributed by atoms with Gasteiger partial charge in [0.1, 0.15) is 11.0 Å². The average Bonchev–Trinajstić information content (AvgIpc) is 2.95. The number of halogens is 1. The fourth-order valence-corrected chi connectivity index (χ4v) is 6.22. The van der Waals surface area contributed by atoms with Crippen molar-refractivity contribution < 1.29 is 23.7 Å². The van der Waals surface area contributed by atoms with E-state index in [4.69, 9.17) is 0 Å². The summed E-state index contributed by atoms with van der Waals surface area (Å²) in [5, 5.41) is 29.6. The van der Waals surface area contributed by atoms with Gasteiger partial charge in [-0.2, -0.15) is 0 Å². The van der Waals surface area contributed by atoms with Gasteiger partial charge in [-0.25, -0.2) is 8.42 Å². The highest BCUT2D eigenvalue weighted by Crippen LogP contribution is 2.34. The molecule has 0 unspecified atom stereocenters. The number of rotatable bonds is 7. The predicted octanol–water partition coefficient (Wildman–Crippen LogP) is 3.94. The Hall–Kier alpha value is -1.93. The van der Waals surface area contributed by atoms with Gasteiger partial charge >= 0.3 is 0 Å². The number of hydrogen-bond donors (Lipinski definition) is 3. The number of phenols is 1. The van der Waals surface area contributed by atoms with E-state index in [1.54, 1.807) is 19.1 Å². The van der Waals surface area contributed by atoms with Crippen LogP contribution in [0.15, 0.2) is 64.1 Å². The molecule has 30 heavy (non-hydrogen) atoms. The van der Waals surface area contributed by atoms with E-state index in [1.807, 2.05) is 42.5 Å². The third-order valence-electron chi connectivity index (χ3n) is 5.37. The summed E-state index contributed by atoms with van der Waals surface area (Å²) < 4.78 is 25.3. The molecule has 0 saturated carbocycles. The van der Waals surface area contributed by atoms with Crippen LogP contribution in [-0.2, 0) is 9.84 Å². The van der Waals surface area contributed by atoms with Crippen LogP contribution >= 0.6 is 15.9 Å². The Kier molecular flexibility index (Phi) is 7.18. The maximum Gasteiger partial charge on any atom is 0.163 e. The summed E-state index contributed by atoms with van der Waals surface area (Å²) in [6.45, 7) is 1.17. The van der Waals surface area contributed by atoms with Crippen LogP contribution in [0.1, 0.15) is 30.9 Å². The van der Waals surface area contributed by atoms with E-state index < -0.39 is 27.8 Å². The molecule has 1 aliphatic rings. The summed E-state index contributed by atoms with van der Waals surface area (Å²) in [5.74, 6) is 0.0192. The van der Waals surface area contributed by atoms with Gasteiger partial charge in [0.25, 0.3) is 0 Å². The molecule has 7 heteroatoms. The molecule has 0 aliphatic carbocycles. The molecule has 1 aliphatic heterocycles. The molecule has 3 rings (SSSR count). The molecule has 3 N–H and O–H groups in total. The van der Waals surface area contributed by atoms with E-state index in [9.17, 15) is 23.7 Å². The van der Waals surface area contributed by atoms with Gasteiger partial charge in [0.05, 0.1) is 18.5 Å². The van der Waals surface area contributed by atoms with Crippen LogP contribution < -0.4 is 0 Å². The second-order valence-corrected chi connectivity index (χ2v) is 10.6. The maximum absolute atomic E-state index is 12.2. The van der Waals surface area contributed by atoms with E-state index in [-0.39, 0.29) is 11.5 Å². The normalized spacial score (nSPS) is 19.9. The molecule has 0 bridgehead atoms. The second kappa shape index (κ2) is 9.47. The first kappa shape index (κ1) is 22.7. The number of hydrogen-bond acceptors (Lipinski definition) is 5. The Labute approximate surface area is 185 Å². The Morgan fingerprint density at radius 1 is 1.23 bits per heavy atom. The summed E-state index contributed by atoms with van der Waals surface area (Å²) in [4.78, 5) is 0. The SMILES string of the molecule is CC1=C([C@H](O)CC/C(=C/c2cc(Br)ccc2O)c2ccccc2)[C@H](CO)S(=O)(=O)C1. The van der Waals surface area contributed by atoms with E-state index in [0.29, 0.717) is 29.6 Å². The molecular weight excluding hydrogens is 468 g/mol. The average molecular weight is 493 g/mol. The van der Waals surface area contributed by atoms with Crippen LogP contribution in [0.25, 0.3) is 11.6 Å². The Morgan fingerprint density at radius 3 is 2.60 bits per heavy atom. The zero-order valence-corrected chi connectivity index (χ0v) is 19.0. The smallest absolute Gasteiger partial charge is 0.163 e. The van der Waals surface area contributed by atoms with Crippen LogP contribution in [0.5, 0.6) is 5.75 Å². The number of benzene rings is 2. The first-order valence-electron chi connectivity index (χ1n) is 9.67. The molecule has 2 atom stereocenters. The van der Waals surface area contributed by atoms with E-state index >= 15 is 0 Å². The van der Waals surface area contributed by atoms with Crippen LogP contribution in [-0.4, -0.2) is 47.5 Å². The van der Waals surface area contributed by atoms with Gasteiger partial charge < -0.3 is 15.3 Å². The van der Waals surface area contributed by atoms with E-state index in [0.717, 1.165) is 15.6 Å². The Morgan fingerprint density at radius 2 is 1.93 bits per heavy atom. The lowest BCUT2D eigenvalue weighted by Crippen LogP contribution is -2.29. The molecule has 0 spiro atoms. The number of allylic oxidation sites excluding steroid dienone is 1. The third-order valence-corrected chi connectivity index (χ3v) is 7.97. The molecule has 0 radical (unpaired) electrons. The third kappa shape index (κ3) is 5.03. The minimum Gasteiger partial charge on any atom is -0.507 e. The van der Waals surface area contributed by atoms with Gasteiger partial charge in [0.15, 0.2) is 9.84 Å². The van der Waals surface area contributed by atoms with Gasteiger partial charge in [-0.15, -0.1) is 0 Å². The molecule has 0 aromatic heterocycles. The summed E-state index contributed by atoms with van der Waals surface area (Å²) in [5.41, 5.74) is 3.52. The zero-order chi connectivity index (χ0) is 21.9. The highest BCUT2D eigenvalue weighted by Gasteiger charge is 2.39. The second-order valence-electron chi connectivity index (χ2n) is 7.51. The van der Waals surface area contributed by atoms with Gasteiger partial charge in [-0.3, -0.25) is 0 Å². The van der Waals surface area contributed by atoms with Crippen molar-refractivity contribution in [1.29, 1.82) is 0 Å². The van der Waals surface area contributed by atoms with Crippen molar-refractivity contribution >= 4 is 37.4 Å². The lowest BCUT2D eigenvalue weighted by Gasteiger charge is -2.19. The molecule has 0 saturated heterocycles. The van der Waals surface area contributed by atoms with Gasteiger partial charge in [0.2, 0.25) is 0 Å². The van der Waals surface area contributed by atoms with Crippen LogP contribution in [0.4, 0.5) is 0 Å². The molecular formula is C23H25BrO5S. The fourth-order valence-electron chi connectivity index (χ4n) is 3.89. The number of aliphatic hydroxyl groups is 2. The Bertz CT molecular complexity index is 1070. The fraction of sp³-hybridized carbons (Fsp3) is 0.304. The van der Waals surface area contributed by atoms with Crippen LogP contribution in [0, 0.1) is 0 Å². The van der Waals surface area contributed by atoms with Gasteiger partial charge in [-0.1, -0.05) is 51.8 Å². The van der Waals surface area contributed by atoms with Crippen molar-refractivity contribution in [3.05, 3.63) is 75.3 Å². The van der Waals surface area contributed by atoms with Crippen molar-refractivity contribution in [2.45, 2.75) is 31.1 Å². The lowest BCUT2D eigenvalue weighted by molar-refractivity contribution is 0.190. The van der Waals surface area contributed by atoms with E-state index in [1.165, 1.54) is 0 Å². The van der Waals surface area contributed by atoms with Crippen molar-refractivity contribution in [2.75, 3.05) is 12.4 Å². The molecule has 2 aromatic rings. The van der Waals surface area contributed by atoms with Crippen molar-refractivity contribution in [1.82, 2.24) is 0 Å². The van der Waals surface area contributed by atoms with Crippen molar-refractivity contribution in [3.63, 3.8) is 0 Å². The van der Waals surface area contributed by atoms with Gasteiger partial charge in [0, 0.05) is 10.0 Å². The first-order chi connectivity index (χ1) is 14.2. The minimum atomic E-state index is -3.47. The quantitative estimate of drug-likeness (QED) is 0.401. The summed E-state index contributed by atoms with van der Waals surface area (Å²) in [7, 11) is -3.47. The number of aliphatic hydroxyl groups excluding tert-OH is 2. The van der Waals surface area contributed by atoms with Gasteiger partial charge in [-0.05, 0) is 60.8 Å². The molecule has 2 aromatic carbocycles. The van der Waals surface area contributed by atoms with Crippen molar-refractivity contribution in [3.8, 4) is 5.75 Å². The van der Waals surface area contributed by atoms with Crippen molar-refractivity contribution in [2.24, 2.45) is 0 Å². The van der Waals surface area contributed by atoms with Crippen LogP contribution in [0.3, 0.4) is 0 Å². The first-order valence-corrected chi connectivity index (χ1v) is 12.2. The Balaban J connectivity index is 1.89. The molecule has 0 fully saturated rings. The molecule has 5 nitrogen and oxygen atoms in total. The van der Waals surface area contributed by atoms with Crippen LogP contribution in [0.2, 0.25) is 0 Å². The standard InChI is InChI=1S/C23H25BrO5S/c1-15-14-30(28,29)22(13-25)23(15)21(27)9-7-17(16-5-3-2-4-6-16)11-18-12-19(24)8-10-20(18)26/h2-6,8,10-12,21-22,25-27H,7,9,13-14H2,1H3/b17-11-/t21-,22+/m1/s1. The van der Waals surface area contributed by atoms with E-state index in [2.05, 4.69) is 15.9 Å². The molecule has 160 valence electrons. The summed E-state index contributed by atoms with van der Waals surface area (Å²) in [6.07, 6.45) is 1.67. The summed E-state index contributed by atoms with van der Waals surface area (Å²) >= 11 is 3.41. The predicted molar refractivity (Wildman–Crippen MR) is 123 cm³/mol. The lowest BCUT2D eigenvalue weighted by atomic mass is 9.92. The highest BCUT2D eigenvalue weighted by molar-refractivity contribution is 9.10. The molecule has 1 heterocycles. The molecule has 0 amide bonds. The topological polar surface area (TPSA) is 94.8 Å². The number of sulfone groups is 1. The summed E-state index contributed by atoms with van der Waals surface area (Å²) in [6, 6.07) is 14.8. The monoisotopic (exact) mass is 492 g/mol. The minimum absolute atomic E-state index is 0.127. The maximum atomic E-state index is 12.2. The highest BCUT2D eigenvalue weighted by atomic mass is 79.9. The number of phenolic OH excluding ortho intramolecular Hbond substituents is 1. The zero-order valence-electron chi connectivity index (χ0n) is 16.6. The largest absolute Gasteiger partial charge is 0.507 e. The number of aromatic hydroxyl groups is 1.